The van der Waals surface area contributed by atoms with E-state index in [0.29, 0.717) is 0 Å². The minimum absolute atomic E-state index is 0.0354. The summed E-state index contributed by atoms with van der Waals surface area (Å²) in [5.41, 5.74) is 0. The van der Waals surface area contributed by atoms with Crippen molar-refractivity contribution >= 4 is 0 Å². The van der Waals surface area contributed by atoms with Gasteiger partial charge in [-0.05, 0) is 13.8 Å². The lowest BCUT2D eigenvalue weighted by Crippen LogP contribution is -2.34. The zero-order valence-electron chi connectivity index (χ0n) is 8.47. The first-order valence-electron chi connectivity index (χ1n) is 4.58. The van der Waals surface area contributed by atoms with Crippen LogP contribution in [0.2, 0.25) is 0 Å². The molecule has 13 heavy (non-hydrogen) atoms. The molecule has 80 valence electrons. The summed E-state index contributed by atoms with van der Waals surface area (Å²) >= 11 is 0. The molecule has 0 heterocycles. The van der Waals surface area contributed by atoms with E-state index in [2.05, 4.69) is 0 Å². The van der Waals surface area contributed by atoms with Crippen molar-refractivity contribution in [3.05, 3.63) is 0 Å². The summed E-state index contributed by atoms with van der Waals surface area (Å²) < 4.78 is 5.36. The fourth-order valence-corrected chi connectivity index (χ4v) is 1.01. The zero-order valence-corrected chi connectivity index (χ0v) is 8.47. The Labute approximate surface area is 79.2 Å². The first kappa shape index (κ1) is 12.8. The van der Waals surface area contributed by atoms with Gasteiger partial charge in [-0.2, -0.15) is 0 Å². The zero-order chi connectivity index (χ0) is 10.4. The van der Waals surface area contributed by atoms with Crippen molar-refractivity contribution in [1.29, 1.82) is 0 Å². The Balaban J connectivity index is 3.87. The SMILES string of the molecule is CC(CO)OC(C)C(C)C(O)CO. The molecule has 0 radical (unpaired) electrons. The van der Waals surface area contributed by atoms with Crippen LogP contribution in [-0.2, 0) is 4.74 Å². The molecule has 0 aliphatic rings. The van der Waals surface area contributed by atoms with Gasteiger partial charge < -0.3 is 20.1 Å². The lowest BCUT2D eigenvalue weighted by atomic mass is 10.00. The van der Waals surface area contributed by atoms with Crippen LogP contribution in [0.3, 0.4) is 0 Å². The molecule has 0 spiro atoms. The standard InChI is InChI=1S/C9H20O4/c1-6(4-10)13-8(3)7(2)9(12)5-11/h6-12H,4-5H2,1-3H3. The van der Waals surface area contributed by atoms with Gasteiger partial charge in [-0.15, -0.1) is 0 Å². The van der Waals surface area contributed by atoms with Crippen LogP contribution in [0.15, 0.2) is 0 Å². The van der Waals surface area contributed by atoms with Crippen LogP contribution in [0.4, 0.5) is 0 Å². The molecule has 0 aromatic rings. The van der Waals surface area contributed by atoms with Crippen molar-refractivity contribution in [1.82, 2.24) is 0 Å². The Morgan fingerprint density at radius 2 is 1.62 bits per heavy atom. The van der Waals surface area contributed by atoms with Crippen molar-refractivity contribution in [3.8, 4) is 0 Å². The van der Waals surface area contributed by atoms with E-state index < -0.39 is 6.10 Å². The van der Waals surface area contributed by atoms with E-state index in [-0.39, 0.29) is 31.3 Å². The summed E-state index contributed by atoms with van der Waals surface area (Å²) in [4.78, 5) is 0. The largest absolute Gasteiger partial charge is 0.394 e. The summed E-state index contributed by atoms with van der Waals surface area (Å²) in [6, 6.07) is 0. The molecule has 0 rings (SSSR count). The first-order chi connectivity index (χ1) is 6.02. The average molecular weight is 192 g/mol. The topological polar surface area (TPSA) is 69.9 Å². The van der Waals surface area contributed by atoms with Crippen molar-refractivity contribution < 1.29 is 20.1 Å². The maximum absolute atomic E-state index is 9.29. The fraction of sp³-hybridized carbons (Fsp3) is 1.00. The third kappa shape index (κ3) is 4.57. The highest BCUT2D eigenvalue weighted by molar-refractivity contribution is 4.70. The summed E-state index contributed by atoms with van der Waals surface area (Å²) in [5, 5.41) is 26.7. The number of aliphatic hydroxyl groups is 3. The van der Waals surface area contributed by atoms with Crippen molar-refractivity contribution in [2.75, 3.05) is 13.2 Å². The summed E-state index contributed by atoms with van der Waals surface area (Å²) in [7, 11) is 0. The molecule has 0 saturated carbocycles. The molecule has 0 bridgehead atoms. The lowest BCUT2D eigenvalue weighted by molar-refractivity contribution is -0.0776. The van der Waals surface area contributed by atoms with Gasteiger partial charge in [0, 0.05) is 5.92 Å². The first-order valence-corrected chi connectivity index (χ1v) is 4.58. The highest BCUT2D eigenvalue weighted by atomic mass is 16.5. The highest BCUT2D eigenvalue weighted by Gasteiger charge is 2.21. The molecule has 0 saturated heterocycles. The van der Waals surface area contributed by atoms with E-state index in [1.54, 1.807) is 13.8 Å². The van der Waals surface area contributed by atoms with Crippen LogP contribution in [0.25, 0.3) is 0 Å². The van der Waals surface area contributed by atoms with Crippen molar-refractivity contribution in [2.45, 2.75) is 39.1 Å². The van der Waals surface area contributed by atoms with E-state index in [9.17, 15) is 5.11 Å². The molecule has 0 aromatic carbocycles. The van der Waals surface area contributed by atoms with E-state index in [0.717, 1.165) is 0 Å². The molecule has 4 unspecified atom stereocenters. The molecule has 4 heteroatoms. The molecule has 0 aromatic heterocycles. The Morgan fingerprint density at radius 3 is 2.00 bits per heavy atom. The quantitative estimate of drug-likeness (QED) is 0.543. The monoisotopic (exact) mass is 192 g/mol. The van der Waals surface area contributed by atoms with Gasteiger partial charge in [0.1, 0.15) is 0 Å². The Kier molecular flexibility index (Phi) is 6.24. The number of aliphatic hydroxyl groups excluding tert-OH is 3. The van der Waals surface area contributed by atoms with Crippen LogP contribution in [0.5, 0.6) is 0 Å². The van der Waals surface area contributed by atoms with E-state index in [4.69, 9.17) is 14.9 Å². The van der Waals surface area contributed by atoms with Crippen LogP contribution >= 0.6 is 0 Å². The fourth-order valence-electron chi connectivity index (χ4n) is 1.01. The predicted molar refractivity (Wildman–Crippen MR) is 49.4 cm³/mol. The maximum atomic E-state index is 9.29. The third-order valence-corrected chi connectivity index (χ3v) is 2.24. The second kappa shape index (κ2) is 6.32. The van der Waals surface area contributed by atoms with Gasteiger partial charge in [-0.3, -0.25) is 0 Å². The Hall–Kier alpha value is -0.160. The van der Waals surface area contributed by atoms with Gasteiger partial charge in [-0.25, -0.2) is 0 Å². The lowest BCUT2D eigenvalue weighted by Gasteiger charge is -2.26. The minimum atomic E-state index is -0.763. The Bertz CT molecular complexity index is 129. The van der Waals surface area contributed by atoms with Gasteiger partial charge in [-0.1, -0.05) is 6.92 Å². The molecule has 0 aliphatic heterocycles. The molecule has 0 aliphatic carbocycles. The average Bonchev–Trinajstić information content (AvgIpc) is 2.14. The van der Waals surface area contributed by atoms with Gasteiger partial charge in [0.2, 0.25) is 0 Å². The molecule has 0 amide bonds. The maximum Gasteiger partial charge on any atom is 0.0820 e. The van der Waals surface area contributed by atoms with Crippen LogP contribution in [-0.4, -0.2) is 46.8 Å². The molecule has 0 fully saturated rings. The third-order valence-electron chi connectivity index (χ3n) is 2.24. The number of ether oxygens (including phenoxy) is 1. The Morgan fingerprint density at radius 1 is 1.08 bits per heavy atom. The van der Waals surface area contributed by atoms with Crippen LogP contribution < -0.4 is 0 Å². The molecular formula is C9H20O4. The molecule has 3 N–H and O–H groups in total. The summed E-state index contributed by atoms with van der Waals surface area (Å²) in [5.74, 6) is -0.140. The van der Waals surface area contributed by atoms with Gasteiger partial charge in [0.25, 0.3) is 0 Å². The number of rotatable bonds is 6. The number of hydrogen-bond donors (Lipinski definition) is 3. The highest BCUT2D eigenvalue weighted by Crippen LogP contribution is 2.13. The molecule has 4 nitrogen and oxygen atoms in total. The number of hydrogen-bond acceptors (Lipinski definition) is 4. The summed E-state index contributed by atoms with van der Waals surface area (Å²) in [6.45, 7) is 5.08. The predicted octanol–water partition coefficient (Wildman–Crippen LogP) is -0.238. The van der Waals surface area contributed by atoms with E-state index in [1.165, 1.54) is 0 Å². The van der Waals surface area contributed by atoms with E-state index >= 15 is 0 Å². The second-order valence-electron chi connectivity index (χ2n) is 3.44. The minimum Gasteiger partial charge on any atom is -0.394 e. The molecular weight excluding hydrogens is 172 g/mol. The van der Waals surface area contributed by atoms with Gasteiger partial charge in [0.15, 0.2) is 0 Å². The van der Waals surface area contributed by atoms with E-state index in [1.807, 2.05) is 6.92 Å². The summed E-state index contributed by atoms with van der Waals surface area (Å²) in [6.07, 6.45) is -1.17. The molecule has 4 atom stereocenters. The van der Waals surface area contributed by atoms with Gasteiger partial charge in [0.05, 0.1) is 31.5 Å². The second-order valence-corrected chi connectivity index (χ2v) is 3.44. The smallest absolute Gasteiger partial charge is 0.0820 e. The van der Waals surface area contributed by atoms with Crippen molar-refractivity contribution in [2.24, 2.45) is 5.92 Å². The van der Waals surface area contributed by atoms with Crippen molar-refractivity contribution in [3.63, 3.8) is 0 Å². The van der Waals surface area contributed by atoms with Crippen LogP contribution in [0, 0.1) is 5.92 Å². The normalized spacial score (nSPS) is 20.8. The van der Waals surface area contributed by atoms with Crippen LogP contribution in [0.1, 0.15) is 20.8 Å². The van der Waals surface area contributed by atoms with Gasteiger partial charge >= 0.3 is 0 Å².